The molecule has 2 unspecified atom stereocenters. The highest BCUT2D eigenvalue weighted by atomic mass is 16.5. The number of nitrogens with zero attached hydrogens (tertiary/aromatic N) is 1. The van der Waals surface area contributed by atoms with Gasteiger partial charge in [-0.1, -0.05) is 6.92 Å². The minimum Gasteiger partial charge on any atom is -0.381 e. The van der Waals surface area contributed by atoms with Crippen LogP contribution in [0.25, 0.3) is 0 Å². The first-order chi connectivity index (χ1) is 5.27. The minimum absolute atomic E-state index is 0.507. The number of rotatable bonds is 2. The van der Waals surface area contributed by atoms with Crippen LogP contribution in [0.5, 0.6) is 0 Å². The molecule has 1 fully saturated rings. The van der Waals surface area contributed by atoms with Gasteiger partial charge in [-0.25, -0.2) is 0 Å². The number of ether oxygens (including phenoxy) is 1. The van der Waals surface area contributed by atoms with Crippen LogP contribution in [0.3, 0.4) is 0 Å². The molecule has 2 nitrogen and oxygen atoms in total. The molecule has 66 valence electrons. The average Bonchev–Trinajstić information content (AvgIpc) is 2.04. The second-order valence-electron chi connectivity index (χ2n) is 3.36. The van der Waals surface area contributed by atoms with E-state index in [2.05, 4.69) is 18.7 Å². The van der Waals surface area contributed by atoms with Gasteiger partial charge in [-0.2, -0.15) is 0 Å². The molecular formula is C9H19NO. The highest BCUT2D eigenvalue weighted by Gasteiger charge is 2.23. The maximum absolute atomic E-state index is 5.33. The first-order valence-corrected chi connectivity index (χ1v) is 4.54. The van der Waals surface area contributed by atoms with Gasteiger partial charge in [-0.05, 0) is 26.3 Å². The first-order valence-electron chi connectivity index (χ1n) is 4.54. The summed E-state index contributed by atoms with van der Waals surface area (Å²) in [6.45, 7) is 6.89. The largest absolute Gasteiger partial charge is 0.381 e. The van der Waals surface area contributed by atoms with E-state index in [0.717, 1.165) is 0 Å². The molecule has 0 bridgehead atoms. The van der Waals surface area contributed by atoms with Crippen LogP contribution in [0.4, 0.5) is 0 Å². The summed E-state index contributed by atoms with van der Waals surface area (Å²) < 4.78 is 5.33. The molecule has 0 spiro atoms. The summed E-state index contributed by atoms with van der Waals surface area (Å²) >= 11 is 0. The Hall–Kier alpha value is -0.0800. The molecule has 0 aromatic carbocycles. The van der Waals surface area contributed by atoms with E-state index in [4.69, 9.17) is 4.74 Å². The van der Waals surface area contributed by atoms with E-state index >= 15 is 0 Å². The molecule has 1 aliphatic heterocycles. The highest BCUT2D eigenvalue weighted by molar-refractivity contribution is 4.78. The van der Waals surface area contributed by atoms with Crippen molar-refractivity contribution in [1.82, 2.24) is 4.90 Å². The summed E-state index contributed by atoms with van der Waals surface area (Å²) in [6, 6.07) is 0.707. The van der Waals surface area contributed by atoms with Gasteiger partial charge >= 0.3 is 0 Å². The molecule has 0 aromatic heterocycles. The van der Waals surface area contributed by atoms with Crippen molar-refractivity contribution < 1.29 is 4.74 Å². The molecule has 0 saturated carbocycles. The van der Waals surface area contributed by atoms with Crippen LogP contribution in [0.2, 0.25) is 0 Å². The molecule has 0 radical (unpaired) electrons. The fourth-order valence-electron chi connectivity index (χ4n) is 1.86. The minimum atomic E-state index is 0.507. The molecule has 0 aromatic rings. The smallest absolute Gasteiger partial charge is 0.0598 e. The highest BCUT2D eigenvalue weighted by Crippen LogP contribution is 2.18. The standard InChI is InChI=1S/C9H19NO/c1-4-10-6-5-9(11-3)7-8(10)2/h8-9H,4-7H2,1-3H3. The molecule has 0 aliphatic carbocycles. The van der Waals surface area contributed by atoms with Crippen LogP contribution in [-0.4, -0.2) is 37.2 Å². The zero-order valence-corrected chi connectivity index (χ0v) is 7.84. The van der Waals surface area contributed by atoms with Gasteiger partial charge in [0.25, 0.3) is 0 Å². The van der Waals surface area contributed by atoms with E-state index in [9.17, 15) is 0 Å². The Bertz CT molecular complexity index is 116. The number of methoxy groups -OCH3 is 1. The zero-order valence-electron chi connectivity index (χ0n) is 7.84. The first kappa shape index (κ1) is 9.01. The molecule has 1 aliphatic rings. The van der Waals surface area contributed by atoms with Crippen LogP contribution in [-0.2, 0) is 4.74 Å². The molecule has 1 rings (SSSR count). The predicted molar refractivity (Wildman–Crippen MR) is 46.7 cm³/mol. The topological polar surface area (TPSA) is 12.5 Å². The molecule has 2 atom stereocenters. The third-order valence-corrected chi connectivity index (χ3v) is 2.71. The van der Waals surface area contributed by atoms with E-state index in [-0.39, 0.29) is 0 Å². The maximum atomic E-state index is 5.33. The molecule has 2 heteroatoms. The van der Waals surface area contributed by atoms with Gasteiger partial charge in [0.05, 0.1) is 6.10 Å². The quantitative estimate of drug-likeness (QED) is 0.602. The van der Waals surface area contributed by atoms with Gasteiger partial charge in [0.2, 0.25) is 0 Å². The van der Waals surface area contributed by atoms with E-state index in [1.807, 2.05) is 7.11 Å². The SMILES string of the molecule is CCN1CCC(OC)CC1C. The summed E-state index contributed by atoms with van der Waals surface area (Å²) in [5, 5.41) is 0. The third-order valence-electron chi connectivity index (χ3n) is 2.71. The van der Waals surface area contributed by atoms with Crippen molar-refractivity contribution in [2.45, 2.75) is 38.8 Å². The fraction of sp³-hybridized carbons (Fsp3) is 1.00. The van der Waals surface area contributed by atoms with Crippen LogP contribution in [0, 0.1) is 0 Å². The van der Waals surface area contributed by atoms with Crippen LogP contribution < -0.4 is 0 Å². The average molecular weight is 157 g/mol. The summed E-state index contributed by atoms with van der Waals surface area (Å²) in [7, 11) is 1.82. The van der Waals surface area contributed by atoms with Crippen molar-refractivity contribution in [2.75, 3.05) is 20.2 Å². The molecule has 0 amide bonds. The summed E-state index contributed by atoms with van der Waals surface area (Å²) in [5.74, 6) is 0. The van der Waals surface area contributed by atoms with Crippen LogP contribution in [0.1, 0.15) is 26.7 Å². The van der Waals surface area contributed by atoms with Gasteiger partial charge in [0.15, 0.2) is 0 Å². The second-order valence-corrected chi connectivity index (χ2v) is 3.36. The number of hydrogen-bond acceptors (Lipinski definition) is 2. The Labute approximate surface area is 69.5 Å². The van der Waals surface area contributed by atoms with E-state index in [1.165, 1.54) is 25.9 Å². The van der Waals surface area contributed by atoms with Gasteiger partial charge in [-0.3, -0.25) is 0 Å². The predicted octanol–water partition coefficient (Wildman–Crippen LogP) is 1.51. The normalized spacial score (nSPS) is 34.1. The van der Waals surface area contributed by atoms with Gasteiger partial charge < -0.3 is 9.64 Å². The van der Waals surface area contributed by atoms with Crippen molar-refractivity contribution in [3.63, 3.8) is 0 Å². The number of piperidine rings is 1. The van der Waals surface area contributed by atoms with Crippen molar-refractivity contribution >= 4 is 0 Å². The molecule has 0 N–H and O–H groups in total. The van der Waals surface area contributed by atoms with E-state index in [1.54, 1.807) is 0 Å². The Kier molecular flexibility index (Phi) is 3.34. The van der Waals surface area contributed by atoms with Crippen LogP contribution in [0.15, 0.2) is 0 Å². The van der Waals surface area contributed by atoms with Crippen molar-refractivity contribution in [3.05, 3.63) is 0 Å². The molecule has 11 heavy (non-hydrogen) atoms. The lowest BCUT2D eigenvalue weighted by Crippen LogP contribution is -2.42. The Morgan fingerprint density at radius 3 is 2.73 bits per heavy atom. The lowest BCUT2D eigenvalue weighted by molar-refractivity contribution is 0.0180. The van der Waals surface area contributed by atoms with E-state index < -0.39 is 0 Å². The Morgan fingerprint density at radius 2 is 2.27 bits per heavy atom. The molecule has 1 heterocycles. The van der Waals surface area contributed by atoms with Gasteiger partial charge in [0, 0.05) is 19.7 Å². The molecule has 1 saturated heterocycles. The summed E-state index contributed by atoms with van der Waals surface area (Å²) in [5.41, 5.74) is 0. The zero-order chi connectivity index (χ0) is 8.27. The van der Waals surface area contributed by atoms with Gasteiger partial charge in [-0.15, -0.1) is 0 Å². The third kappa shape index (κ3) is 2.17. The lowest BCUT2D eigenvalue weighted by Gasteiger charge is -2.36. The second kappa shape index (κ2) is 4.07. The van der Waals surface area contributed by atoms with Crippen molar-refractivity contribution in [2.24, 2.45) is 0 Å². The number of likely N-dealkylation sites (tertiary alicyclic amines) is 1. The number of hydrogen-bond donors (Lipinski definition) is 0. The van der Waals surface area contributed by atoms with Crippen molar-refractivity contribution in [3.8, 4) is 0 Å². The molecular weight excluding hydrogens is 138 g/mol. The monoisotopic (exact) mass is 157 g/mol. The lowest BCUT2D eigenvalue weighted by atomic mass is 10.0. The van der Waals surface area contributed by atoms with Crippen molar-refractivity contribution in [1.29, 1.82) is 0 Å². The van der Waals surface area contributed by atoms with Gasteiger partial charge in [0.1, 0.15) is 0 Å². The van der Waals surface area contributed by atoms with E-state index in [0.29, 0.717) is 12.1 Å². The summed E-state index contributed by atoms with van der Waals surface area (Å²) in [4.78, 5) is 2.51. The Balaban J connectivity index is 2.34. The summed E-state index contributed by atoms with van der Waals surface area (Å²) in [6.07, 6.45) is 2.91. The Morgan fingerprint density at radius 1 is 1.55 bits per heavy atom. The van der Waals surface area contributed by atoms with Crippen LogP contribution >= 0.6 is 0 Å². The fourth-order valence-corrected chi connectivity index (χ4v) is 1.86. The maximum Gasteiger partial charge on any atom is 0.0598 e.